The summed E-state index contributed by atoms with van der Waals surface area (Å²) in [6, 6.07) is 6.26. The van der Waals surface area contributed by atoms with Gasteiger partial charge < -0.3 is 4.74 Å². The summed E-state index contributed by atoms with van der Waals surface area (Å²) < 4.78 is 19.1. The second-order valence-corrected chi connectivity index (χ2v) is 5.37. The first-order valence-electron chi connectivity index (χ1n) is 6.05. The van der Waals surface area contributed by atoms with E-state index in [2.05, 4.69) is 6.58 Å². The van der Waals surface area contributed by atoms with Gasteiger partial charge >= 0.3 is 0 Å². The SMILES string of the molecule is C=C(C)c1cc(F)cc(Oc2c(Cl)cc([N+](=O)[O-])cc2Cl)c1. The monoisotopic (exact) mass is 341 g/mol. The van der Waals surface area contributed by atoms with Crippen LogP contribution in [0.3, 0.4) is 0 Å². The number of nitro groups is 1. The van der Waals surface area contributed by atoms with Gasteiger partial charge in [-0.3, -0.25) is 10.1 Å². The van der Waals surface area contributed by atoms with Crippen molar-refractivity contribution in [1.29, 1.82) is 0 Å². The van der Waals surface area contributed by atoms with E-state index in [4.69, 9.17) is 27.9 Å². The average Bonchev–Trinajstić information content (AvgIpc) is 2.41. The highest BCUT2D eigenvalue weighted by Crippen LogP contribution is 2.39. The Morgan fingerprint density at radius 2 is 1.82 bits per heavy atom. The van der Waals surface area contributed by atoms with Gasteiger partial charge in [0.2, 0.25) is 0 Å². The van der Waals surface area contributed by atoms with Gasteiger partial charge in [-0.25, -0.2) is 4.39 Å². The summed E-state index contributed by atoms with van der Waals surface area (Å²) in [4.78, 5) is 10.1. The lowest BCUT2D eigenvalue weighted by Crippen LogP contribution is -1.93. The highest BCUT2D eigenvalue weighted by atomic mass is 35.5. The van der Waals surface area contributed by atoms with E-state index >= 15 is 0 Å². The molecule has 2 rings (SSSR count). The number of nitrogens with zero attached hydrogens (tertiary/aromatic N) is 1. The number of hydrogen-bond donors (Lipinski definition) is 0. The summed E-state index contributed by atoms with van der Waals surface area (Å²) in [5.41, 5.74) is 0.957. The molecule has 114 valence electrons. The molecule has 0 aliphatic rings. The largest absolute Gasteiger partial charge is 0.454 e. The van der Waals surface area contributed by atoms with Crippen LogP contribution < -0.4 is 4.74 Å². The van der Waals surface area contributed by atoms with Crippen LogP contribution in [0, 0.1) is 15.9 Å². The van der Waals surface area contributed by atoms with Crippen LogP contribution in [0.2, 0.25) is 10.0 Å². The number of rotatable bonds is 4. The second kappa shape index (κ2) is 6.34. The van der Waals surface area contributed by atoms with Crippen molar-refractivity contribution in [3.05, 3.63) is 68.5 Å². The molecule has 0 fully saturated rings. The molecule has 0 heterocycles. The third kappa shape index (κ3) is 3.55. The Kier molecular flexibility index (Phi) is 4.68. The molecule has 7 heteroatoms. The second-order valence-electron chi connectivity index (χ2n) is 4.55. The van der Waals surface area contributed by atoms with Gasteiger partial charge in [0.15, 0.2) is 5.75 Å². The topological polar surface area (TPSA) is 52.4 Å². The predicted octanol–water partition coefficient (Wildman–Crippen LogP) is 5.87. The normalized spacial score (nSPS) is 10.4. The maximum atomic E-state index is 13.6. The van der Waals surface area contributed by atoms with Gasteiger partial charge in [0, 0.05) is 18.2 Å². The van der Waals surface area contributed by atoms with E-state index in [1.807, 2.05) is 0 Å². The Bertz CT molecular complexity index is 754. The van der Waals surface area contributed by atoms with Crippen molar-refractivity contribution in [3.8, 4) is 11.5 Å². The fourth-order valence-corrected chi connectivity index (χ4v) is 2.29. The molecule has 0 radical (unpaired) electrons. The standard InChI is InChI=1S/C15H10Cl2FNO3/c1-8(2)9-3-10(18)5-12(4-9)22-15-13(16)6-11(19(20)21)7-14(15)17/h3-7H,1H2,2H3. The van der Waals surface area contributed by atoms with Crippen LogP contribution in [0.5, 0.6) is 11.5 Å². The summed E-state index contributed by atoms with van der Waals surface area (Å²) in [5, 5.41) is 10.6. The number of allylic oxidation sites excluding steroid dienone is 1. The van der Waals surface area contributed by atoms with Gasteiger partial charge in [-0.15, -0.1) is 0 Å². The summed E-state index contributed by atoms with van der Waals surface area (Å²) in [5.74, 6) is -0.326. The maximum absolute atomic E-state index is 13.6. The van der Waals surface area contributed by atoms with Crippen molar-refractivity contribution in [3.63, 3.8) is 0 Å². The van der Waals surface area contributed by atoms with E-state index in [0.717, 1.165) is 18.2 Å². The quantitative estimate of drug-likeness (QED) is 0.516. The zero-order valence-corrected chi connectivity index (χ0v) is 12.9. The molecule has 0 aliphatic heterocycles. The first-order chi connectivity index (χ1) is 10.3. The van der Waals surface area contributed by atoms with Gasteiger partial charge in [0.25, 0.3) is 5.69 Å². The van der Waals surface area contributed by atoms with Gasteiger partial charge in [0.05, 0.1) is 15.0 Å². The van der Waals surface area contributed by atoms with Gasteiger partial charge in [-0.1, -0.05) is 35.4 Å². The van der Waals surface area contributed by atoms with Crippen LogP contribution in [0.25, 0.3) is 5.57 Å². The van der Waals surface area contributed by atoms with Crippen LogP contribution in [0.4, 0.5) is 10.1 Å². The molecule has 0 bridgehead atoms. The van der Waals surface area contributed by atoms with Gasteiger partial charge in [-0.05, 0) is 24.6 Å². The highest BCUT2D eigenvalue weighted by molar-refractivity contribution is 6.37. The van der Waals surface area contributed by atoms with Crippen molar-refractivity contribution in [2.45, 2.75) is 6.92 Å². The minimum absolute atomic E-state index is 0.0206. The van der Waals surface area contributed by atoms with Crippen molar-refractivity contribution >= 4 is 34.5 Å². The lowest BCUT2D eigenvalue weighted by Gasteiger charge is -2.11. The molecule has 0 spiro atoms. The first kappa shape index (κ1) is 16.3. The van der Waals surface area contributed by atoms with Gasteiger partial charge in [0.1, 0.15) is 11.6 Å². The van der Waals surface area contributed by atoms with E-state index in [1.165, 1.54) is 6.07 Å². The molecule has 2 aromatic carbocycles. The zero-order valence-electron chi connectivity index (χ0n) is 11.4. The Hall–Kier alpha value is -2.11. The number of non-ortho nitro benzene ring substituents is 1. The maximum Gasteiger partial charge on any atom is 0.272 e. The fraction of sp³-hybridized carbons (Fsp3) is 0.0667. The third-order valence-corrected chi connectivity index (χ3v) is 3.34. The first-order valence-corrected chi connectivity index (χ1v) is 6.81. The molecule has 0 saturated heterocycles. The van der Waals surface area contributed by atoms with E-state index in [0.29, 0.717) is 11.1 Å². The number of ether oxygens (including phenoxy) is 1. The summed E-state index contributed by atoms with van der Waals surface area (Å²) >= 11 is 11.9. The highest BCUT2D eigenvalue weighted by Gasteiger charge is 2.17. The van der Waals surface area contributed by atoms with E-state index in [9.17, 15) is 14.5 Å². The van der Waals surface area contributed by atoms with Crippen LogP contribution in [0.15, 0.2) is 36.9 Å². The predicted molar refractivity (Wildman–Crippen MR) is 84.3 cm³/mol. The molecule has 0 atom stereocenters. The Morgan fingerprint density at radius 1 is 1.23 bits per heavy atom. The molecule has 4 nitrogen and oxygen atoms in total. The van der Waals surface area contributed by atoms with Gasteiger partial charge in [-0.2, -0.15) is 0 Å². The van der Waals surface area contributed by atoms with Crippen molar-refractivity contribution in [2.75, 3.05) is 0 Å². The number of halogens is 3. The van der Waals surface area contributed by atoms with Crippen LogP contribution in [-0.4, -0.2) is 4.92 Å². The lowest BCUT2D eigenvalue weighted by molar-refractivity contribution is -0.384. The average molecular weight is 342 g/mol. The molecule has 0 unspecified atom stereocenters. The van der Waals surface area contributed by atoms with Crippen molar-refractivity contribution in [1.82, 2.24) is 0 Å². The summed E-state index contributed by atoms with van der Waals surface area (Å²) in [7, 11) is 0. The minimum atomic E-state index is -0.622. The molecule has 0 aromatic heterocycles. The summed E-state index contributed by atoms with van der Waals surface area (Å²) in [6.45, 7) is 5.46. The Labute approximate surface area is 135 Å². The molecule has 0 saturated carbocycles. The lowest BCUT2D eigenvalue weighted by atomic mass is 10.1. The molecule has 0 N–H and O–H groups in total. The Balaban J connectivity index is 2.43. The molecule has 0 aliphatic carbocycles. The summed E-state index contributed by atoms with van der Waals surface area (Å²) in [6.07, 6.45) is 0. The molecule has 0 amide bonds. The Morgan fingerprint density at radius 3 is 2.32 bits per heavy atom. The molecule has 22 heavy (non-hydrogen) atoms. The van der Waals surface area contributed by atoms with E-state index < -0.39 is 10.7 Å². The number of nitro benzene ring substituents is 1. The minimum Gasteiger partial charge on any atom is -0.454 e. The molecular formula is C15H10Cl2FNO3. The van der Waals surface area contributed by atoms with E-state index in [-0.39, 0.29) is 27.2 Å². The molecular weight excluding hydrogens is 332 g/mol. The van der Waals surface area contributed by atoms with Crippen LogP contribution >= 0.6 is 23.2 Å². The third-order valence-electron chi connectivity index (χ3n) is 2.78. The van der Waals surface area contributed by atoms with Crippen molar-refractivity contribution < 1.29 is 14.1 Å². The smallest absolute Gasteiger partial charge is 0.272 e. The number of benzene rings is 2. The van der Waals surface area contributed by atoms with Crippen LogP contribution in [-0.2, 0) is 0 Å². The fourth-order valence-electron chi connectivity index (χ4n) is 1.74. The zero-order chi connectivity index (χ0) is 16.4. The van der Waals surface area contributed by atoms with E-state index in [1.54, 1.807) is 13.0 Å². The van der Waals surface area contributed by atoms with Crippen molar-refractivity contribution in [2.24, 2.45) is 0 Å². The van der Waals surface area contributed by atoms with Crippen LogP contribution in [0.1, 0.15) is 12.5 Å². The number of hydrogen-bond acceptors (Lipinski definition) is 3. The molecule has 2 aromatic rings.